The van der Waals surface area contributed by atoms with E-state index in [4.69, 9.17) is 5.14 Å². The molecule has 0 bridgehead atoms. The van der Waals surface area contributed by atoms with Gasteiger partial charge in [0.1, 0.15) is 0 Å². The summed E-state index contributed by atoms with van der Waals surface area (Å²) >= 11 is 1.68. The lowest BCUT2D eigenvalue weighted by molar-refractivity contribution is 0.597. The molecule has 0 saturated heterocycles. The molecule has 3 N–H and O–H groups in total. The number of nitrogens with zero attached hydrogens (tertiary/aromatic N) is 1. The fourth-order valence-corrected chi connectivity index (χ4v) is 4.26. The van der Waals surface area contributed by atoms with Gasteiger partial charge >= 0.3 is 5.69 Å². The van der Waals surface area contributed by atoms with Crippen molar-refractivity contribution in [2.24, 2.45) is 5.14 Å². The molecule has 1 aromatic carbocycles. The Labute approximate surface area is 143 Å². The molecule has 0 aliphatic carbocycles. The number of sulfonamides is 1. The zero-order chi connectivity index (χ0) is 17.3. The van der Waals surface area contributed by atoms with Crippen LogP contribution in [0.5, 0.6) is 0 Å². The molecule has 0 radical (unpaired) electrons. The van der Waals surface area contributed by atoms with Crippen LogP contribution in [-0.2, 0) is 35.2 Å². The summed E-state index contributed by atoms with van der Waals surface area (Å²) < 4.78 is 24.1. The first-order valence-corrected chi connectivity index (χ1v) is 10.1. The monoisotopic (exact) mass is 367 g/mol. The number of rotatable bonds is 4. The van der Waals surface area contributed by atoms with Gasteiger partial charge in [-0.25, -0.2) is 18.4 Å². The normalized spacial score (nSPS) is 14.4. The fraction of sp³-hybridized carbons (Fsp3) is 0.333. The van der Waals surface area contributed by atoms with Gasteiger partial charge in [0.25, 0.3) is 5.56 Å². The van der Waals surface area contributed by atoms with Crippen LogP contribution in [0.25, 0.3) is 0 Å². The molecular weight excluding hydrogens is 350 g/mol. The van der Waals surface area contributed by atoms with E-state index in [9.17, 15) is 18.0 Å². The number of hydrogen-bond donors (Lipinski definition) is 2. The van der Waals surface area contributed by atoms with E-state index in [-0.39, 0.29) is 10.5 Å². The number of aromatic amines is 1. The minimum absolute atomic E-state index is 0.0573. The number of thioether (sulfide) groups is 1. The number of nitrogens with two attached hydrogens (primary N) is 1. The Kier molecular flexibility index (Phi) is 4.66. The third-order valence-corrected chi connectivity index (χ3v) is 5.93. The van der Waals surface area contributed by atoms with Crippen molar-refractivity contribution >= 4 is 21.8 Å². The Balaban J connectivity index is 1.85. The van der Waals surface area contributed by atoms with Crippen molar-refractivity contribution < 1.29 is 8.42 Å². The van der Waals surface area contributed by atoms with E-state index in [1.165, 1.54) is 12.1 Å². The number of benzene rings is 1. The summed E-state index contributed by atoms with van der Waals surface area (Å²) in [4.78, 5) is 26.4. The highest BCUT2D eigenvalue weighted by Gasteiger charge is 2.18. The number of primary sulfonamides is 1. The largest absolute Gasteiger partial charge is 0.328 e. The van der Waals surface area contributed by atoms with Gasteiger partial charge in [0.15, 0.2) is 0 Å². The van der Waals surface area contributed by atoms with Crippen LogP contribution < -0.4 is 16.4 Å². The molecule has 128 valence electrons. The van der Waals surface area contributed by atoms with Crippen molar-refractivity contribution in [3.63, 3.8) is 0 Å². The van der Waals surface area contributed by atoms with Gasteiger partial charge in [-0.3, -0.25) is 14.3 Å². The highest BCUT2D eigenvalue weighted by molar-refractivity contribution is 7.98. The molecule has 7 nitrogen and oxygen atoms in total. The van der Waals surface area contributed by atoms with Crippen LogP contribution in [0, 0.1) is 0 Å². The molecule has 1 aliphatic heterocycles. The molecule has 1 aliphatic rings. The summed E-state index contributed by atoms with van der Waals surface area (Å²) in [5.41, 5.74) is 1.68. The van der Waals surface area contributed by atoms with Crippen molar-refractivity contribution in [2.45, 2.75) is 30.0 Å². The molecule has 2 aromatic rings. The summed E-state index contributed by atoms with van der Waals surface area (Å²) in [5.74, 6) is 1.51. The molecule has 1 aromatic heterocycles. The third kappa shape index (κ3) is 3.47. The Morgan fingerprint density at radius 2 is 1.92 bits per heavy atom. The van der Waals surface area contributed by atoms with Gasteiger partial charge in [0, 0.05) is 23.6 Å². The van der Waals surface area contributed by atoms with Gasteiger partial charge in [-0.1, -0.05) is 12.1 Å². The Morgan fingerprint density at radius 1 is 1.21 bits per heavy atom. The third-order valence-electron chi connectivity index (χ3n) is 4.02. The van der Waals surface area contributed by atoms with E-state index < -0.39 is 15.7 Å². The Morgan fingerprint density at radius 3 is 2.58 bits per heavy atom. The van der Waals surface area contributed by atoms with Gasteiger partial charge in [0.05, 0.1) is 4.90 Å². The molecule has 9 heteroatoms. The maximum Gasteiger partial charge on any atom is 0.328 e. The minimum atomic E-state index is -3.71. The smallest absolute Gasteiger partial charge is 0.297 e. The second-order valence-electron chi connectivity index (χ2n) is 5.58. The zero-order valence-corrected chi connectivity index (χ0v) is 14.5. The zero-order valence-electron chi connectivity index (χ0n) is 12.8. The first-order valence-electron chi connectivity index (χ1n) is 7.40. The molecule has 0 spiro atoms. The molecule has 24 heavy (non-hydrogen) atoms. The van der Waals surface area contributed by atoms with Crippen LogP contribution in [0.2, 0.25) is 0 Å². The number of aryl methyl sites for hydroxylation is 1. The predicted molar refractivity (Wildman–Crippen MR) is 92.7 cm³/mol. The molecule has 0 fully saturated rings. The van der Waals surface area contributed by atoms with E-state index in [2.05, 4.69) is 4.98 Å². The number of hydrogen-bond acceptors (Lipinski definition) is 5. The van der Waals surface area contributed by atoms with Crippen molar-refractivity contribution in [1.82, 2.24) is 9.55 Å². The first-order chi connectivity index (χ1) is 11.4. The van der Waals surface area contributed by atoms with Gasteiger partial charge in [-0.15, -0.1) is 0 Å². The number of H-pyrrole nitrogens is 1. The highest BCUT2D eigenvalue weighted by atomic mass is 32.2. The van der Waals surface area contributed by atoms with E-state index in [0.29, 0.717) is 30.7 Å². The minimum Gasteiger partial charge on any atom is -0.297 e. The Hall–Kier alpha value is -1.84. The molecule has 0 saturated carbocycles. The van der Waals surface area contributed by atoms with Crippen LogP contribution in [0.4, 0.5) is 0 Å². The predicted octanol–water partition coefficient (Wildman–Crippen LogP) is 0.216. The molecule has 2 heterocycles. The van der Waals surface area contributed by atoms with Crippen LogP contribution in [0.3, 0.4) is 0 Å². The van der Waals surface area contributed by atoms with Crippen molar-refractivity contribution in [2.75, 3.05) is 5.75 Å². The summed E-state index contributed by atoms with van der Waals surface area (Å²) in [7, 11) is -3.71. The topological polar surface area (TPSA) is 115 Å². The van der Waals surface area contributed by atoms with Crippen LogP contribution in [0.15, 0.2) is 38.8 Å². The summed E-state index contributed by atoms with van der Waals surface area (Å²) in [6.45, 7) is 0.428. The summed E-state index contributed by atoms with van der Waals surface area (Å²) in [6, 6.07) is 6.26. The van der Waals surface area contributed by atoms with E-state index in [1.54, 1.807) is 28.5 Å². The van der Waals surface area contributed by atoms with Crippen LogP contribution >= 0.6 is 11.8 Å². The van der Waals surface area contributed by atoms with Gasteiger partial charge in [-0.05, 0) is 36.3 Å². The lowest BCUT2D eigenvalue weighted by atomic mass is 10.1. The second kappa shape index (κ2) is 6.58. The maximum absolute atomic E-state index is 12.1. The van der Waals surface area contributed by atoms with Crippen LogP contribution in [0.1, 0.15) is 16.8 Å². The average Bonchev–Trinajstić information content (AvgIpc) is 2.54. The number of nitrogens with one attached hydrogen (secondary N) is 1. The SMILES string of the molecule is NS(=O)(=O)c1ccc(CCn2c3c(c(=O)[nH]c2=O)CSCC3)cc1. The molecule has 0 unspecified atom stereocenters. The van der Waals surface area contributed by atoms with E-state index >= 15 is 0 Å². The van der Waals surface area contributed by atoms with E-state index in [1.807, 2.05) is 0 Å². The fourth-order valence-electron chi connectivity index (χ4n) is 2.76. The van der Waals surface area contributed by atoms with Gasteiger partial charge in [-0.2, -0.15) is 11.8 Å². The summed E-state index contributed by atoms with van der Waals surface area (Å²) in [5, 5.41) is 5.07. The summed E-state index contributed by atoms with van der Waals surface area (Å²) in [6.07, 6.45) is 1.25. The standard InChI is InChI=1S/C15H17N3O4S2/c16-24(21,22)11-3-1-10(2-4-11)5-7-18-13-6-8-23-9-12(13)14(19)17-15(18)20/h1-4H,5-9H2,(H2,16,21,22)(H,17,19,20). The number of aromatic nitrogens is 2. The van der Waals surface area contributed by atoms with E-state index in [0.717, 1.165) is 17.0 Å². The lowest BCUT2D eigenvalue weighted by Crippen LogP contribution is -2.37. The molecule has 0 atom stereocenters. The van der Waals surface area contributed by atoms with Gasteiger partial charge < -0.3 is 0 Å². The second-order valence-corrected chi connectivity index (χ2v) is 8.24. The number of fused-ring (bicyclic) bond motifs is 1. The maximum atomic E-state index is 12.1. The molecule has 0 amide bonds. The van der Waals surface area contributed by atoms with Crippen molar-refractivity contribution in [3.8, 4) is 0 Å². The molecular formula is C15H17N3O4S2. The quantitative estimate of drug-likeness (QED) is 0.802. The highest BCUT2D eigenvalue weighted by Crippen LogP contribution is 2.20. The van der Waals surface area contributed by atoms with Crippen LogP contribution in [-0.4, -0.2) is 23.7 Å². The van der Waals surface area contributed by atoms with Gasteiger partial charge in [0.2, 0.25) is 10.0 Å². The average molecular weight is 367 g/mol. The Bertz CT molecular complexity index is 975. The first kappa shape index (κ1) is 17.0. The lowest BCUT2D eigenvalue weighted by Gasteiger charge is -2.19. The van der Waals surface area contributed by atoms with Crippen molar-refractivity contribution in [1.29, 1.82) is 0 Å². The molecule has 3 rings (SSSR count). The van der Waals surface area contributed by atoms with Crippen molar-refractivity contribution in [3.05, 3.63) is 61.9 Å².